The third-order valence-corrected chi connectivity index (χ3v) is 2.67. The lowest BCUT2D eigenvalue weighted by Gasteiger charge is -2.34. The zero-order valence-electron chi connectivity index (χ0n) is 10.3. The molecular formula is C11H23N3O2. The van der Waals surface area contributed by atoms with Crippen LogP contribution in [0.1, 0.15) is 26.7 Å². The van der Waals surface area contributed by atoms with Gasteiger partial charge < -0.3 is 20.7 Å². The van der Waals surface area contributed by atoms with E-state index in [1.165, 1.54) is 0 Å². The highest BCUT2D eigenvalue weighted by Crippen LogP contribution is 2.10. The van der Waals surface area contributed by atoms with Gasteiger partial charge in [0.05, 0.1) is 12.2 Å². The SMILES string of the molecule is CCCCNC(=O)NCC1(C)CNCCO1. The van der Waals surface area contributed by atoms with Gasteiger partial charge in [0.1, 0.15) is 0 Å². The summed E-state index contributed by atoms with van der Waals surface area (Å²) in [6.07, 6.45) is 2.10. The predicted octanol–water partition coefficient (Wildman–Crippen LogP) is 0.464. The van der Waals surface area contributed by atoms with Crippen molar-refractivity contribution in [3.05, 3.63) is 0 Å². The van der Waals surface area contributed by atoms with Crippen LogP contribution in [0.15, 0.2) is 0 Å². The molecule has 5 nitrogen and oxygen atoms in total. The number of ether oxygens (including phenoxy) is 1. The highest BCUT2D eigenvalue weighted by atomic mass is 16.5. The van der Waals surface area contributed by atoms with Gasteiger partial charge in [0.15, 0.2) is 0 Å². The van der Waals surface area contributed by atoms with Gasteiger partial charge in [-0.1, -0.05) is 13.3 Å². The summed E-state index contributed by atoms with van der Waals surface area (Å²) in [5.74, 6) is 0. The Morgan fingerprint density at radius 2 is 2.31 bits per heavy atom. The van der Waals surface area contributed by atoms with Gasteiger partial charge in [-0.2, -0.15) is 0 Å². The van der Waals surface area contributed by atoms with Crippen LogP contribution in [0, 0.1) is 0 Å². The highest BCUT2D eigenvalue weighted by Gasteiger charge is 2.27. The molecule has 0 aromatic rings. The maximum Gasteiger partial charge on any atom is 0.314 e. The number of carbonyl (C=O) groups is 1. The Kier molecular flexibility index (Phi) is 5.55. The minimum absolute atomic E-state index is 0.108. The first-order valence-corrected chi connectivity index (χ1v) is 6.03. The van der Waals surface area contributed by atoms with Crippen molar-refractivity contribution in [3.8, 4) is 0 Å². The average Bonchev–Trinajstić information content (AvgIpc) is 2.28. The molecule has 0 radical (unpaired) electrons. The van der Waals surface area contributed by atoms with Gasteiger partial charge in [-0.05, 0) is 13.3 Å². The predicted molar refractivity (Wildman–Crippen MR) is 63.5 cm³/mol. The fraction of sp³-hybridized carbons (Fsp3) is 0.909. The lowest BCUT2D eigenvalue weighted by atomic mass is 10.1. The molecule has 1 rings (SSSR count). The van der Waals surface area contributed by atoms with E-state index in [-0.39, 0.29) is 11.6 Å². The third-order valence-electron chi connectivity index (χ3n) is 2.67. The second-order valence-corrected chi connectivity index (χ2v) is 4.44. The lowest BCUT2D eigenvalue weighted by Crippen LogP contribution is -2.55. The van der Waals surface area contributed by atoms with Crippen molar-refractivity contribution in [1.82, 2.24) is 16.0 Å². The van der Waals surface area contributed by atoms with Crippen LogP contribution in [-0.4, -0.2) is 44.4 Å². The number of morpholine rings is 1. The van der Waals surface area contributed by atoms with Crippen LogP contribution in [-0.2, 0) is 4.74 Å². The van der Waals surface area contributed by atoms with E-state index >= 15 is 0 Å². The van der Waals surface area contributed by atoms with E-state index in [1.54, 1.807) is 0 Å². The zero-order valence-corrected chi connectivity index (χ0v) is 10.3. The topological polar surface area (TPSA) is 62.4 Å². The van der Waals surface area contributed by atoms with E-state index in [0.717, 1.165) is 32.5 Å². The summed E-state index contributed by atoms with van der Waals surface area (Å²) in [5, 5.41) is 8.91. The maximum absolute atomic E-state index is 11.4. The van der Waals surface area contributed by atoms with Crippen LogP contribution in [0.5, 0.6) is 0 Å². The van der Waals surface area contributed by atoms with Crippen molar-refractivity contribution in [2.45, 2.75) is 32.3 Å². The number of hydrogen-bond acceptors (Lipinski definition) is 3. The van der Waals surface area contributed by atoms with E-state index < -0.39 is 0 Å². The molecule has 1 fully saturated rings. The summed E-state index contributed by atoms with van der Waals surface area (Å²) in [6.45, 7) is 7.75. The summed E-state index contributed by atoms with van der Waals surface area (Å²) in [7, 11) is 0. The lowest BCUT2D eigenvalue weighted by molar-refractivity contribution is -0.0489. The molecule has 1 aliphatic rings. The van der Waals surface area contributed by atoms with E-state index in [0.29, 0.717) is 13.2 Å². The van der Waals surface area contributed by atoms with Gasteiger partial charge in [0, 0.05) is 26.2 Å². The molecule has 0 aliphatic carbocycles. The molecule has 16 heavy (non-hydrogen) atoms. The van der Waals surface area contributed by atoms with Crippen molar-refractivity contribution >= 4 is 6.03 Å². The van der Waals surface area contributed by atoms with Crippen LogP contribution >= 0.6 is 0 Å². The Bertz CT molecular complexity index is 215. The molecular weight excluding hydrogens is 206 g/mol. The molecule has 1 heterocycles. The smallest absolute Gasteiger partial charge is 0.314 e. The van der Waals surface area contributed by atoms with Gasteiger partial charge in [-0.3, -0.25) is 0 Å². The second kappa shape index (κ2) is 6.70. The summed E-state index contributed by atoms with van der Waals surface area (Å²) >= 11 is 0. The molecule has 0 aromatic heterocycles. The Morgan fingerprint density at radius 3 is 2.94 bits per heavy atom. The van der Waals surface area contributed by atoms with Gasteiger partial charge in [0.2, 0.25) is 0 Å². The van der Waals surface area contributed by atoms with Crippen molar-refractivity contribution in [2.75, 3.05) is 32.8 Å². The van der Waals surface area contributed by atoms with Gasteiger partial charge >= 0.3 is 6.03 Å². The van der Waals surface area contributed by atoms with Crippen molar-refractivity contribution in [3.63, 3.8) is 0 Å². The number of carbonyl (C=O) groups excluding carboxylic acids is 1. The summed E-state index contributed by atoms with van der Waals surface area (Å²) in [6, 6.07) is -0.108. The zero-order chi connectivity index (χ0) is 11.9. The van der Waals surface area contributed by atoms with E-state index in [2.05, 4.69) is 22.9 Å². The quantitative estimate of drug-likeness (QED) is 0.600. The molecule has 2 amide bonds. The van der Waals surface area contributed by atoms with Crippen molar-refractivity contribution < 1.29 is 9.53 Å². The van der Waals surface area contributed by atoms with Gasteiger partial charge in [0.25, 0.3) is 0 Å². The molecule has 1 unspecified atom stereocenters. The molecule has 0 aromatic carbocycles. The molecule has 0 spiro atoms. The fourth-order valence-corrected chi connectivity index (χ4v) is 1.60. The van der Waals surface area contributed by atoms with E-state index in [1.807, 2.05) is 6.92 Å². The summed E-state index contributed by atoms with van der Waals surface area (Å²) < 4.78 is 5.64. The molecule has 0 saturated carbocycles. The van der Waals surface area contributed by atoms with Gasteiger partial charge in [-0.15, -0.1) is 0 Å². The van der Waals surface area contributed by atoms with Crippen LogP contribution < -0.4 is 16.0 Å². The normalized spacial score (nSPS) is 25.1. The molecule has 1 atom stereocenters. The Hall–Kier alpha value is -0.810. The molecule has 0 bridgehead atoms. The maximum atomic E-state index is 11.4. The molecule has 5 heteroatoms. The van der Waals surface area contributed by atoms with E-state index in [9.17, 15) is 4.79 Å². The molecule has 1 aliphatic heterocycles. The summed E-state index contributed by atoms with van der Waals surface area (Å²) in [5.41, 5.74) is -0.277. The van der Waals surface area contributed by atoms with Crippen LogP contribution in [0.25, 0.3) is 0 Å². The Labute approximate surface area is 97.3 Å². The van der Waals surface area contributed by atoms with Crippen LogP contribution in [0.4, 0.5) is 4.79 Å². The Balaban J connectivity index is 2.14. The minimum Gasteiger partial charge on any atom is -0.371 e. The number of rotatable bonds is 5. The number of nitrogens with one attached hydrogen (secondary N) is 3. The first kappa shape index (κ1) is 13.3. The number of hydrogen-bond donors (Lipinski definition) is 3. The second-order valence-electron chi connectivity index (χ2n) is 4.44. The number of amides is 2. The largest absolute Gasteiger partial charge is 0.371 e. The Morgan fingerprint density at radius 1 is 1.50 bits per heavy atom. The molecule has 3 N–H and O–H groups in total. The number of urea groups is 1. The molecule has 94 valence electrons. The monoisotopic (exact) mass is 229 g/mol. The van der Waals surface area contributed by atoms with Crippen molar-refractivity contribution in [1.29, 1.82) is 0 Å². The van der Waals surface area contributed by atoms with Crippen molar-refractivity contribution in [2.24, 2.45) is 0 Å². The van der Waals surface area contributed by atoms with Crippen LogP contribution in [0.3, 0.4) is 0 Å². The standard InChI is InChI=1S/C11H23N3O2/c1-3-4-5-13-10(15)14-9-11(2)8-12-6-7-16-11/h12H,3-9H2,1-2H3,(H2,13,14,15). The average molecular weight is 229 g/mol. The summed E-state index contributed by atoms with van der Waals surface area (Å²) in [4.78, 5) is 11.4. The number of unbranched alkanes of at least 4 members (excludes halogenated alkanes) is 1. The van der Waals surface area contributed by atoms with Crippen LogP contribution in [0.2, 0.25) is 0 Å². The molecule has 1 saturated heterocycles. The van der Waals surface area contributed by atoms with E-state index in [4.69, 9.17) is 4.74 Å². The first-order chi connectivity index (χ1) is 7.66. The highest BCUT2D eigenvalue weighted by molar-refractivity contribution is 5.73. The third kappa shape index (κ3) is 4.81. The minimum atomic E-state index is -0.277. The fourth-order valence-electron chi connectivity index (χ4n) is 1.60. The first-order valence-electron chi connectivity index (χ1n) is 6.03. The van der Waals surface area contributed by atoms with Gasteiger partial charge in [-0.25, -0.2) is 4.79 Å².